The first-order valence-electron chi connectivity index (χ1n) is 5.74. The van der Waals surface area contributed by atoms with Gasteiger partial charge in [-0.15, -0.1) is 35.1 Å². The molecule has 2 heterocycles. The first-order chi connectivity index (χ1) is 9.10. The normalized spacial score (nSPS) is 10.2. The molecule has 2 N–H and O–H groups in total. The van der Waals surface area contributed by atoms with Crippen LogP contribution in [0.15, 0.2) is 17.5 Å². The predicted octanol–water partition coefficient (Wildman–Crippen LogP) is 3.05. The van der Waals surface area contributed by atoms with Gasteiger partial charge in [0, 0.05) is 23.7 Å². The van der Waals surface area contributed by atoms with E-state index in [9.17, 15) is 4.79 Å². The smallest absolute Gasteiger partial charge is 0.273 e. The fourth-order valence-corrected chi connectivity index (χ4v) is 3.51. The summed E-state index contributed by atoms with van der Waals surface area (Å²) < 4.78 is 0.731. The molecule has 0 aliphatic heterocycles. The maximum absolute atomic E-state index is 12.2. The highest BCUT2D eigenvalue weighted by molar-refractivity contribution is 7.16. The van der Waals surface area contributed by atoms with Crippen molar-refractivity contribution in [3.63, 3.8) is 0 Å². The molecular formula is C12H15Cl2N3OS2. The third-order valence-electron chi connectivity index (χ3n) is 2.50. The number of thiophene rings is 1. The van der Waals surface area contributed by atoms with Gasteiger partial charge in [-0.05, 0) is 18.7 Å². The van der Waals surface area contributed by atoms with E-state index in [1.54, 1.807) is 17.3 Å². The van der Waals surface area contributed by atoms with E-state index < -0.39 is 0 Å². The summed E-state index contributed by atoms with van der Waals surface area (Å²) in [5.74, 6) is -0.0796. The van der Waals surface area contributed by atoms with Gasteiger partial charge in [0.1, 0.15) is 5.69 Å². The van der Waals surface area contributed by atoms with Crippen LogP contribution < -0.4 is 5.73 Å². The Labute approximate surface area is 137 Å². The summed E-state index contributed by atoms with van der Waals surface area (Å²) >= 11 is 8.82. The third-order valence-corrected chi connectivity index (χ3v) is 4.62. The van der Waals surface area contributed by atoms with Crippen molar-refractivity contribution in [1.82, 2.24) is 9.88 Å². The van der Waals surface area contributed by atoms with E-state index in [0.717, 1.165) is 14.2 Å². The lowest BCUT2D eigenvalue weighted by atomic mass is 10.3. The number of carbonyl (C=O) groups is 1. The Bertz CT molecular complexity index is 571. The molecule has 0 aliphatic carbocycles. The monoisotopic (exact) mass is 351 g/mol. The van der Waals surface area contributed by atoms with Crippen LogP contribution in [-0.4, -0.2) is 29.4 Å². The van der Waals surface area contributed by atoms with Crippen LogP contribution >= 0.6 is 46.7 Å². The van der Waals surface area contributed by atoms with Crippen molar-refractivity contribution in [2.75, 3.05) is 13.6 Å². The van der Waals surface area contributed by atoms with E-state index in [0.29, 0.717) is 25.2 Å². The standard InChI is InChI=1S/C12H14ClN3OS2.ClH/c1-16(6-8-2-3-10(13)19-8)12(17)9-7-18-11(15-9)4-5-14;/h2-3,7H,4-6,14H2,1H3;1H. The number of nitrogens with zero attached hydrogens (tertiary/aromatic N) is 2. The van der Waals surface area contributed by atoms with Crippen molar-refractivity contribution < 1.29 is 4.79 Å². The second kappa shape index (κ2) is 7.95. The van der Waals surface area contributed by atoms with Gasteiger partial charge in [-0.2, -0.15) is 0 Å². The van der Waals surface area contributed by atoms with Crippen molar-refractivity contribution in [1.29, 1.82) is 0 Å². The molecule has 20 heavy (non-hydrogen) atoms. The van der Waals surface area contributed by atoms with Gasteiger partial charge in [0.2, 0.25) is 0 Å². The summed E-state index contributed by atoms with van der Waals surface area (Å²) in [5, 5.41) is 2.68. The van der Waals surface area contributed by atoms with E-state index in [4.69, 9.17) is 17.3 Å². The molecule has 0 unspecified atom stereocenters. The summed E-state index contributed by atoms with van der Waals surface area (Å²) in [6, 6.07) is 3.76. The van der Waals surface area contributed by atoms with Gasteiger partial charge < -0.3 is 10.6 Å². The van der Waals surface area contributed by atoms with Crippen molar-refractivity contribution in [2.45, 2.75) is 13.0 Å². The highest BCUT2D eigenvalue weighted by Gasteiger charge is 2.16. The molecule has 1 amide bonds. The van der Waals surface area contributed by atoms with Crippen LogP contribution in [0.4, 0.5) is 0 Å². The fourth-order valence-electron chi connectivity index (χ4n) is 1.59. The van der Waals surface area contributed by atoms with Crippen LogP contribution in [0.2, 0.25) is 4.34 Å². The number of hydrogen-bond acceptors (Lipinski definition) is 5. The highest BCUT2D eigenvalue weighted by atomic mass is 35.5. The van der Waals surface area contributed by atoms with Crippen LogP contribution in [0.5, 0.6) is 0 Å². The van der Waals surface area contributed by atoms with Gasteiger partial charge in [-0.3, -0.25) is 4.79 Å². The molecule has 0 aliphatic rings. The number of nitrogens with two attached hydrogens (primary N) is 1. The minimum Gasteiger partial charge on any atom is -0.335 e. The third kappa shape index (κ3) is 4.43. The van der Waals surface area contributed by atoms with Crippen LogP contribution in [0.3, 0.4) is 0 Å². The zero-order valence-electron chi connectivity index (χ0n) is 10.8. The average Bonchev–Trinajstić information content (AvgIpc) is 2.98. The van der Waals surface area contributed by atoms with Crippen molar-refractivity contribution in [3.05, 3.63) is 37.4 Å². The highest BCUT2D eigenvalue weighted by Crippen LogP contribution is 2.23. The molecule has 2 rings (SSSR count). The van der Waals surface area contributed by atoms with Gasteiger partial charge in [-0.1, -0.05) is 11.6 Å². The van der Waals surface area contributed by atoms with Crippen molar-refractivity contribution >= 4 is 52.6 Å². The Morgan fingerprint density at radius 2 is 2.25 bits per heavy atom. The molecular weight excluding hydrogens is 337 g/mol. The molecule has 0 bridgehead atoms. The summed E-state index contributed by atoms with van der Waals surface area (Å²) in [7, 11) is 1.76. The van der Waals surface area contributed by atoms with E-state index >= 15 is 0 Å². The number of hydrogen-bond donors (Lipinski definition) is 1. The topological polar surface area (TPSA) is 59.2 Å². The van der Waals surface area contributed by atoms with Crippen LogP contribution in [0.25, 0.3) is 0 Å². The largest absolute Gasteiger partial charge is 0.335 e. The fraction of sp³-hybridized carbons (Fsp3) is 0.333. The molecule has 4 nitrogen and oxygen atoms in total. The number of thiazole rings is 1. The van der Waals surface area contributed by atoms with E-state index in [-0.39, 0.29) is 18.3 Å². The number of halogens is 2. The Morgan fingerprint density at radius 1 is 1.50 bits per heavy atom. The van der Waals surface area contributed by atoms with E-state index in [2.05, 4.69) is 4.98 Å². The number of carbonyl (C=O) groups excluding carboxylic acids is 1. The van der Waals surface area contributed by atoms with Crippen molar-refractivity contribution in [3.8, 4) is 0 Å². The summed E-state index contributed by atoms with van der Waals surface area (Å²) in [6.07, 6.45) is 0.711. The summed E-state index contributed by atoms with van der Waals surface area (Å²) in [5.41, 5.74) is 5.96. The van der Waals surface area contributed by atoms with Crippen LogP contribution in [0, 0.1) is 0 Å². The Balaban J connectivity index is 0.00000200. The number of aromatic nitrogens is 1. The second-order valence-electron chi connectivity index (χ2n) is 4.03. The molecule has 0 fully saturated rings. The summed E-state index contributed by atoms with van der Waals surface area (Å²) in [6.45, 7) is 1.09. The van der Waals surface area contributed by atoms with Gasteiger partial charge in [0.25, 0.3) is 5.91 Å². The van der Waals surface area contributed by atoms with Crippen LogP contribution in [0.1, 0.15) is 20.4 Å². The Kier molecular flexibility index (Phi) is 6.91. The molecule has 110 valence electrons. The van der Waals surface area contributed by atoms with E-state index in [1.807, 2.05) is 12.1 Å². The Hall–Kier alpha value is -0.660. The molecule has 8 heteroatoms. The van der Waals surface area contributed by atoms with Crippen molar-refractivity contribution in [2.24, 2.45) is 5.73 Å². The molecule has 2 aromatic heterocycles. The summed E-state index contributed by atoms with van der Waals surface area (Å²) in [4.78, 5) is 19.2. The minimum atomic E-state index is -0.0796. The van der Waals surface area contributed by atoms with Gasteiger partial charge in [-0.25, -0.2) is 4.98 Å². The molecule has 0 saturated carbocycles. The lowest BCUT2D eigenvalue weighted by Gasteiger charge is -2.14. The van der Waals surface area contributed by atoms with Crippen LogP contribution in [-0.2, 0) is 13.0 Å². The van der Waals surface area contributed by atoms with Gasteiger partial charge in [0.15, 0.2) is 0 Å². The molecule has 0 spiro atoms. The molecule has 2 aromatic rings. The first-order valence-corrected chi connectivity index (χ1v) is 7.81. The minimum absolute atomic E-state index is 0. The quantitative estimate of drug-likeness (QED) is 0.900. The van der Waals surface area contributed by atoms with E-state index in [1.165, 1.54) is 22.7 Å². The maximum atomic E-state index is 12.2. The molecule has 0 saturated heterocycles. The second-order valence-corrected chi connectivity index (χ2v) is 6.77. The maximum Gasteiger partial charge on any atom is 0.273 e. The molecule has 0 atom stereocenters. The SMILES string of the molecule is CN(Cc1ccc(Cl)s1)C(=O)c1csc(CCN)n1.Cl. The number of rotatable bonds is 5. The van der Waals surface area contributed by atoms with Gasteiger partial charge in [0.05, 0.1) is 15.9 Å². The lowest BCUT2D eigenvalue weighted by Crippen LogP contribution is -2.26. The van der Waals surface area contributed by atoms with Gasteiger partial charge >= 0.3 is 0 Å². The molecule has 0 radical (unpaired) electrons. The predicted molar refractivity (Wildman–Crippen MR) is 87.2 cm³/mol. The zero-order valence-corrected chi connectivity index (χ0v) is 14.0. The Morgan fingerprint density at radius 3 is 2.85 bits per heavy atom. The first kappa shape index (κ1) is 17.4. The molecule has 0 aromatic carbocycles. The average molecular weight is 352 g/mol. The zero-order chi connectivity index (χ0) is 13.8. The lowest BCUT2D eigenvalue weighted by molar-refractivity contribution is 0.0781. The number of amides is 1.